The van der Waals surface area contributed by atoms with Gasteiger partial charge in [-0.1, -0.05) is 30.3 Å². The van der Waals surface area contributed by atoms with Gasteiger partial charge < -0.3 is 5.32 Å². The maximum absolute atomic E-state index is 11.5. The van der Waals surface area contributed by atoms with Crippen molar-refractivity contribution in [1.29, 1.82) is 0 Å². The highest BCUT2D eigenvalue weighted by atomic mass is 32.2. The Morgan fingerprint density at radius 1 is 1.17 bits per heavy atom. The molecule has 6 heteroatoms. The van der Waals surface area contributed by atoms with Crippen LogP contribution in [0.3, 0.4) is 0 Å². The van der Waals surface area contributed by atoms with Crippen LogP contribution in [0.25, 0.3) is 0 Å². The predicted molar refractivity (Wildman–Crippen MR) is 70.6 cm³/mol. The van der Waals surface area contributed by atoms with Crippen molar-refractivity contribution in [2.45, 2.75) is 13.3 Å². The van der Waals surface area contributed by atoms with Crippen LogP contribution >= 0.6 is 0 Å². The number of rotatable bonds is 7. The number of carbonyl (C=O) groups is 1. The number of hydrogen-bond acceptors (Lipinski definition) is 3. The molecule has 1 rings (SSSR count). The van der Waals surface area contributed by atoms with E-state index in [1.54, 1.807) is 6.92 Å². The molecule has 0 spiro atoms. The summed E-state index contributed by atoms with van der Waals surface area (Å²) in [5.41, 5.74) is 0.934. The second-order valence-electron chi connectivity index (χ2n) is 3.81. The summed E-state index contributed by atoms with van der Waals surface area (Å²) in [4.78, 5) is 11.5. The van der Waals surface area contributed by atoms with E-state index in [-0.39, 0.29) is 18.2 Å². The Balaban J connectivity index is 2.22. The number of amides is 1. The Hall–Kier alpha value is -1.40. The fourth-order valence-corrected chi connectivity index (χ4v) is 1.97. The van der Waals surface area contributed by atoms with Crippen LogP contribution in [0.5, 0.6) is 0 Å². The lowest BCUT2D eigenvalue weighted by molar-refractivity contribution is -0.120. The molecule has 1 aromatic carbocycles. The third kappa shape index (κ3) is 5.79. The Kier molecular flexibility index (Phi) is 5.80. The van der Waals surface area contributed by atoms with Gasteiger partial charge in [-0.3, -0.25) is 4.79 Å². The monoisotopic (exact) mass is 270 g/mol. The highest BCUT2D eigenvalue weighted by molar-refractivity contribution is 7.89. The quantitative estimate of drug-likeness (QED) is 0.699. The molecule has 0 bridgehead atoms. The minimum Gasteiger partial charge on any atom is -0.355 e. The molecule has 0 radical (unpaired) electrons. The lowest BCUT2D eigenvalue weighted by Crippen LogP contribution is -2.35. The van der Waals surface area contributed by atoms with E-state index >= 15 is 0 Å². The van der Waals surface area contributed by atoms with Crippen LogP contribution in [0.15, 0.2) is 30.3 Å². The molecule has 0 saturated carbocycles. The van der Waals surface area contributed by atoms with E-state index in [0.29, 0.717) is 13.0 Å². The predicted octanol–water partition coefficient (Wildman–Crippen LogP) is 0.285. The molecule has 0 aliphatic carbocycles. The van der Waals surface area contributed by atoms with Gasteiger partial charge in [-0.25, -0.2) is 13.1 Å². The highest BCUT2D eigenvalue weighted by Crippen LogP contribution is 1.98. The Morgan fingerprint density at radius 3 is 2.44 bits per heavy atom. The third-order valence-electron chi connectivity index (χ3n) is 2.36. The molecule has 2 N–H and O–H groups in total. The van der Waals surface area contributed by atoms with Gasteiger partial charge in [0.05, 0.1) is 12.2 Å². The largest absolute Gasteiger partial charge is 0.355 e. The number of benzene rings is 1. The van der Waals surface area contributed by atoms with Gasteiger partial charge in [0.2, 0.25) is 15.9 Å². The van der Waals surface area contributed by atoms with E-state index in [1.165, 1.54) is 0 Å². The average molecular weight is 270 g/mol. The van der Waals surface area contributed by atoms with Crippen molar-refractivity contribution in [2.75, 3.05) is 18.8 Å². The van der Waals surface area contributed by atoms with E-state index in [9.17, 15) is 13.2 Å². The van der Waals surface area contributed by atoms with Crippen molar-refractivity contribution in [2.24, 2.45) is 0 Å². The van der Waals surface area contributed by atoms with Crippen molar-refractivity contribution in [3.8, 4) is 0 Å². The fraction of sp³-hybridized carbons (Fsp3) is 0.417. The van der Waals surface area contributed by atoms with Crippen LogP contribution in [-0.2, 0) is 21.2 Å². The van der Waals surface area contributed by atoms with Gasteiger partial charge >= 0.3 is 0 Å². The average Bonchev–Trinajstić information content (AvgIpc) is 2.36. The minimum atomic E-state index is -3.18. The Morgan fingerprint density at radius 2 is 1.83 bits per heavy atom. The molecule has 0 atom stereocenters. The Labute approximate surface area is 108 Å². The van der Waals surface area contributed by atoms with Crippen molar-refractivity contribution in [3.63, 3.8) is 0 Å². The topological polar surface area (TPSA) is 75.3 Å². The molecule has 0 unspecified atom stereocenters. The van der Waals surface area contributed by atoms with E-state index in [0.717, 1.165) is 5.56 Å². The maximum atomic E-state index is 11.5. The highest BCUT2D eigenvalue weighted by Gasteiger charge is 2.06. The van der Waals surface area contributed by atoms with Crippen molar-refractivity contribution in [1.82, 2.24) is 10.0 Å². The van der Waals surface area contributed by atoms with Crippen molar-refractivity contribution in [3.05, 3.63) is 35.9 Å². The molecular weight excluding hydrogens is 252 g/mol. The van der Waals surface area contributed by atoms with Gasteiger partial charge in [0.25, 0.3) is 0 Å². The summed E-state index contributed by atoms with van der Waals surface area (Å²) in [6, 6.07) is 9.38. The molecule has 0 aromatic heterocycles. The van der Waals surface area contributed by atoms with Crippen molar-refractivity contribution >= 4 is 15.9 Å². The van der Waals surface area contributed by atoms with E-state index in [1.807, 2.05) is 30.3 Å². The first-order valence-electron chi connectivity index (χ1n) is 5.81. The smallest absolute Gasteiger partial charge is 0.224 e. The van der Waals surface area contributed by atoms with Crippen molar-refractivity contribution < 1.29 is 13.2 Å². The van der Waals surface area contributed by atoms with Gasteiger partial charge in [-0.2, -0.15) is 0 Å². The van der Waals surface area contributed by atoms with Gasteiger partial charge in [-0.15, -0.1) is 0 Å². The second kappa shape index (κ2) is 7.13. The second-order valence-corrected chi connectivity index (χ2v) is 5.91. The summed E-state index contributed by atoms with van der Waals surface area (Å²) in [6.07, 6.45) is 0.307. The number of carbonyl (C=O) groups excluding carboxylic acids is 1. The van der Waals surface area contributed by atoms with Gasteiger partial charge in [0.1, 0.15) is 0 Å². The van der Waals surface area contributed by atoms with Crippen LogP contribution in [0, 0.1) is 0 Å². The molecule has 5 nitrogen and oxygen atoms in total. The third-order valence-corrected chi connectivity index (χ3v) is 3.76. The van der Waals surface area contributed by atoms with Crippen LogP contribution in [-0.4, -0.2) is 33.2 Å². The van der Waals surface area contributed by atoms with Crippen LogP contribution in [0.1, 0.15) is 12.5 Å². The number of sulfonamides is 1. The molecule has 18 heavy (non-hydrogen) atoms. The molecule has 100 valence electrons. The summed E-state index contributed by atoms with van der Waals surface area (Å²) < 4.78 is 24.6. The molecule has 1 amide bonds. The zero-order chi connectivity index (χ0) is 13.4. The Bertz CT molecular complexity index is 471. The number of hydrogen-bond donors (Lipinski definition) is 2. The minimum absolute atomic E-state index is 0.0466. The summed E-state index contributed by atoms with van der Waals surface area (Å²) >= 11 is 0. The molecular formula is C12H18N2O3S. The van der Waals surface area contributed by atoms with E-state index in [4.69, 9.17) is 0 Å². The first kappa shape index (κ1) is 14.7. The first-order valence-corrected chi connectivity index (χ1v) is 7.46. The SMILES string of the molecule is CCS(=O)(=O)NCCNC(=O)Cc1ccccc1. The summed E-state index contributed by atoms with van der Waals surface area (Å²) in [5, 5.41) is 2.66. The van der Waals surface area contributed by atoms with Crippen LogP contribution in [0.2, 0.25) is 0 Å². The molecule has 0 fully saturated rings. The van der Waals surface area contributed by atoms with E-state index in [2.05, 4.69) is 10.0 Å². The lowest BCUT2D eigenvalue weighted by Gasteiger charge is -2.06. The lowest BCUT2D eigenvalue weighted by atomic mass is 10.1. The summed E-state index contributed by atoms with van der Waals surface area (Å²) in [6.45, 7) is 2.08. The normalized spacial score (nSPS) is 11.2. The maximum Gasteiger partial charge on any atom is 0.224 e. The fourth-order valence-electron chi connectivity index (χ4n) is 1.35. The molecule has 0 aliphatic rings. The van der Waals surface area contributed by atoms with E-state index < -0.39 is 10.0 Å². The number of nitrogens with one attached hydrogen (secondary N) is 2. The molecule has 0 heterocycles. The van der Waals surface area contributed by atoms with Gasteiger partial charge in [-0.05, 0) is 12.5 Å². The summed E-state index contributed by atoms with van der Waals surface area (Å²) in [7, 11) is -3.18. The standard InChI is InChI=1S/C12H18N2O3S/c1-2-18(16,17)14-9-8-13-12(15)10-11-6-4-3-5-7-11/h3-7,14H,2,8-10H2,1H3,(H,13,15). The molecule has 0 saturated heterocycles. The van der Waals surface area contributed by atoms with Gasteiger partial charge in [0, 0.05) is 13.1 Å². The van der Waals surface area contributed by atoms with Crippen LogP contribution < -0.4 is 10.0 Å². The zero-order valence-electron chi connectivity index (χ0n) is 10.3. The van der Waals surface area contributed by atoms with Gasteiger partial charge in [0.15, 0.2) is 0 Å². The summed E-state index contributed by atoms with van der Waals surface area (Å²) in [5.74, 6) is -0.0674. The zero-order valence-corrected chi connectivity index (χ0v) is 11.2. The first-order chi connectivity index (χ1) is 8.53. The van der Waals surface area contributed by atoms with Crippen LogP contribution in [0.4, 0.5) is 0 Å². The molecule has 0 aliphatic heterocycles. The molecule has 1 aromatic rings.